The van der Waals surface area contributed by atoms with E-state index in [-0.39, 0.29) is 11.7 Å². The molecule has 0 saturated heterocycles. The third kappa shape index (κ3) is 3.87. The van der Waals surface area contributed by atoms with Crippen molar-refractivity contribution in [1.82, 2.24) is 0 Å². The fourth-order valence-corrected chi connectivity index (χ4v) is 2.23. The Morgan fingerprint density at radius 3 is 2.38 bits per heavy atom. The first-order valence-corrected chi connectivity index (χ1v) is 6.60. The number of carbonyl (C=O) groups excluding carboxylic acids is 1. The van der Waals surface area contributed by atoms with Crippen molar-refractivity contribution in [2.75, 3.05) is 5.32 Å². The zero-order chi connectivity index (χ0) is 15.4. The largest absolute Gasteiger partial charge is 0.409 e. The quantitative estimate of drug-likeness (QED) is 0.350. The lowest BCUT2D eigenvalue weighted by atomic mass is 10.1. The molecule has 2 aromatic rings. The molecule has 0 atom stereocenters. The molecule has 4 N–H and O–H groups in total. The summed E-state index contributed by atoms with van der Waals surface area (Å²) in [6, 6.07) is 11.2. The molecule has 5 nitrogen and oxygen atoms in total. The molecule has 1 amide bonds. The number of oxime groups is 1. The maximum atomic E-state index is 12.1. The van der Waals surface area contributed by atoms with Crippen molar-refractivity contribution in [3.8, 4) is 0 Å². The molecule has 0 unspecified atom stereocenters. The fourth-order valence-electron chi connectivity index (χ4n) is 1.70. The van der Waals surface area contributed by atoms with Crippen molar-refractivity contribution >= 4 is 40.6 Å². The summed E-state index contributed by atoms with van der Waals surface area (Å²) in [5.74, 6) is -0.409. The van der Waals surface area contributed by atoms with Gasteiger partial charge in [-0.15, -0.1) is 0 Å². The minimum absolute atomic E-state index is 0.0445. The highest BCUT2D eigenvalue weighted by atomic mass is 35.5. The van der Waals surface area contributed by atoms with Crippen molar-refractivity contribution in [3.05, 3.63) is 63.6 Å². The van der Waals surface area contributed by atoms with Crippen LogP contribution < -0.4 is 11.1 Å². The van der Waals surface area contributed by atoms with Gasteiger partial charge in [0, 0.05) is 26.9 Å². The van der Waals surface area contributed by atoms with E-state index >= 15 is 0 Å². The summed E-state index contributed by atoms with van der Waals surface area (Å²) in [4.78, 5) is 12.1. The maximum Gasteiger partial charge on any atom is 0.255 e. The molecular formula is C14H11Cl2N3O2. The van der Waals surface area contributed by atoms with Gasteiger partial charge in [0.2, 0.25) is 0 Å². The number of benzene rings is 2. The molecular weight excluding hydrogens is 313 g/mol. The number of amidine groups is 1. The minimum atomic E-state index is -0.365. The highest BCUT2D eigenvalue weighted by Gasteiger charge is 2.09. The summed E-state index contributed by atoms with van der Waals surface area (Å²) in [5, 5.41) is 15.0. The average Bonchev–Trinajstić information content (AvgIpc) is 2.45. The van der Waals surface area contributed by atoms with Gasteiger partial charge in [-0.3, -0.25) is 4.79 Å². The van der Waals surface area contributed by atoms with Crippen LogP contribution in [0.5, 0.6) is 0 Å². The van der Waals surface area contributed by atoms with E-state index in [1.54, 1.807) is 30.3 Å². The predicted molar refractivity (Wildman–Crippen MR) is 83.4 cm³/mol. The molecule has 0 bridgehead atoms. The first-order chi connectivity index (χ1) is 9.99. The number of anilines is 1. The van der Waals surface area contributed by atoms with Gasteiger partial charge in [0.05, 0.1) is 0 Å². The fraction of sp³-hybridized carbons (Fsp3) is 0. The first-order valence-electron chi connectivity index (χ1n) is 5.85. The van der Waals surface area contributed by atoms with Gasteiger partial charge in [0.15, 0.2) is 5.84 Å². The SMILES string of the molecule is N/C(=N/O)c1cccc(NC(=O)c2cc(Cl)cc(Cl)c2)c1. The van der Waals surface area contributed by atoms with Gasteiger partial charge >= 0.3 is 0 Å². The topological polar surface area (TPSA) is 87.7 Å². The van der Waals surface area contributed by atoms with Crippen LogP contribution in [0.15, 0.2) is 47.6 Å². The number of carbonyl (C=O) groups is 1. The van der Waals surface area contributed by atoms with E-state index in [4.69, 9.17) is 34.1 Å². The lowest BCUT2D eigenvalue weighted by Gasteiger charge is -2.07. The Balaban J connectivity index is 2.23. The first kappa shape index (κ1) is 15.2. The molecule has 0 spiro atoms. The second-order valence-corrected chi connectivity index (χ2v) is 5.05. The Morgan fingerprint density at radius 1 is 1.10 bits per heavy atom. The van der Waals surface area contributed by atoms with Crippen molar-refractivity contribution in [2.45, 2.75) is 0 Å². The van der Waals surface area contributed by atoms with Crippen LogP contribution >= 0.6 is 23.2 Å². The van der Waals surface area contributed by atoms with Gasteiger partial charge in [-0.2, -0.15) is 0 Å². The van der Waals surface area contributed by atoms with E-state index in [2.05, 4.69) is 10.5 Å². The van der Waals surface area contributed by atoms with E-state index < -0.39 is 0 Å². The van der Waals surface area contributed by atoms with Gasteiger partial charge in [-0.05, 0) is 30.3 Å². The highest BCUT2D eigenvalue weighted by molar-refractivity contribution is 6.35. The van der Waals surface area contributed by atoms with E-state index in [0.717, 1.165) is 0 Å². The number of halogens is 2. The molecule has 0 fully saturated rings. The van der Waals surface area contributed by atoms with E-state index in [1.165, 1.54) is 12.1 Å². The number of rotatable bonds is 3. The van der Waals surface area contributed by atoms with Crippen LogP contribution in [-0.4, -0.2) is 17.0 Å². The molecule has 21 heavy (non-hydrogen) atoms. The molecule has 0 saturated carbocycles. The summed E-state index contributed by atoms with van der Waals surface area (Å²) < 4.78 is 0. The van der Waals surface area contributed by atoms with Crippen molar-refractivity contribution in [1.29, 1.82) is 0 Å². The minimum Gasteiger partial charge on any atom is -0.409 e. The number of hydrogen-bond donors (Lipinski definition) is 3. The van der Waals surface area contributed by atoms with Crippen LogP contribution in [0.3, 0.4) is 0 Å². The van der Waals surface area contributed by atoms with Crippen LogP contribution in [0.4, 0.5) is 5.69 Å². The standard InChI is InChI=1S/C14H11Cl2N3O2/c15-10-4-9(5-11(16)7-10)14(20)18-12-3-1-2-8(6-12)13(17)19-21/h1-7,21H,(H2,17,19)(H,18,20). The van der Waals surface area contributed by atoms with Crippen LogP contribution in [0, 0.1) is 0 Å². The van der Waals surface area contributed by atoms with E-state index in [0.29, 0.717) is 26.9 Å². The smallest absolute Gasteiger partial charge is 0.255 e. The maximum absolute atomic E-state index is 12.1. The molecule has 7 heteroatoms. The number of nitrogens with one attached hydrogen (secondary N) is 1. The predicted octanol–water partition coefficient (Wildman–Crippen LogP) is 3.34. The second-order valence-electron chi connectivity index (χ2n) is 4.18. The molecule has 0 radical (unpaired) electrons. The molecule has 0 aromatic heterocycles. The van der Waals surface area contributed by atoms with Gasteiger partial charge in [-0.25, -0.2) is 0 Å². The summed E-state index contributed by atoms with van der Waals surface area (Å²) in [6.45, 7) is 0. The normalized spacial score (nSPS) is 11.2. The molecule has 0 aliphatic rings. The third-order valence-electron chi connectivity index (χ3n) is 2.65. The Labute approximate surface area is 131 Å². The lowest BCUT2D eigenvalue weighted by Crippen LogP contribution is -2.15. The van der Waals surface area contributed by atoms with Gasteiger partial charge in [0.25, 0.3) is 5.91 Å². The van der Waals surface area contributed by atoms with Gasteiger partial charge < -0.3 is 16.3 Å². The van der Waals surface area contributed by atoms with Crippen molar-refractivity contribution in [2.24, 2.45) is 10.9 Å². The Bertz CT molecular complexity index is 697. The highest BCUT2D eigenvalue weighted by Crippen LogP contribution is 2.20. The van der Waals surface area contributed by atoms with E-state index in [1.807, 2.05) is 0 Å². The zero-order valence-electron chi connectivity index (χ0n) is 10.7. The summed E-state index contributed by atoms with van der Waals surface area (Å²) in [6.07, 6.45) is 0. The molecule has 0 heterocycles. The van der Waals surface area contributed by atoms with Crippen LogP contribution in [0.25, 0.3) is 0 Å². The van der Waals surface area contributed by atoms with Crippen LogP contribution in [0.1, 0.15) is 15.9 Å². The monoisotopic (exact) mass is 323 g/mol. The summed E-state index contributed by atoms with van der Waals surface area (Å²) in [7, 11) is 0. The average molecular weight is 324 g/mol. The summed E-state index contributed by atoms with van der Waals surface area (Å²) in [5.41, 5.74) is 6.82. The third-order valence-corrected chi connectivity index (χ3v) is 3.09. The number of amides is 1. The molecule has 108 valence electrons. The lowest BCUT2D eigenvalue weighted by molar-refractivity contribution is 0.102. The van der Waals surface area contributed by atoms with Crippen LogP contribution in [-0.2, 0) is 0 Å². The zero-order valence-corrected chi connectivity index (χ0v) is 12.2. The van der Waals surface area contributed by atoms with Crippen molar-refractivity contribution in [3.63, 3.8) is 0 Å². The Morgan fingerprint density at radius 2 is 1.76 bits per heavy atom. The number of nitrogens with zero attached hydrogens (tertiary/aromatic N) is 1. The van der Waals surface area contributed by atoms with E-state index in [9.17, 15) is 4.79 Å². The second kappa shape index (κ2) is 6.47. The van der Waals surface area contributed by atoms with Gasteiger partial charge in [0.1, 0.15) is 0 Å². The Kier molecular flexibility index (Phi) is 4.67. The number of hydrogen-bond acceptors (Lipinski definition) is 3. The Hall–Kier alpha value is -2.24. The van der Waals surface area contributed by atoms with Crippen molar-refractivity contribution < 1.29 is 10.0 Å². The molecule has 2 aromatic carbocycles. The van der Waals surface area contributed by atoms with Gasteiger partial charge in [-0.1, -0.05) is 40.5 Å². The molecule has 0 aliphatic heterocycles. The number of nitrogens with two attached hydrogens (primary N) is 1. The van der Waals surface area contributed by atoms with Crippen LogP contribution in [0.2, 0.25) is 10.0 Å². The molecule has 2 rings (SSSR count). The summed E-state index contributed by atoms with van der Waals surface area (Å²) >= 11 is 11.7. The molecule has 0 aliphatic carbocycles.